The van der Waals surface area contributed by atoms with Gasteiger partial charge in [-0.1, -0.05) is 18.2 Å². The van der Waals surface area contributed by atoms with Crippen LogP contribution in [0.15, 0.2) is 36.5 Å². The normalized spacial score (nSPS) is 10.8. The zero-order chi connectivity index (χ0) is 13.8. The van der Waals surface area contributed by atoms with Crippen molar-refractivity contribution < 1.29 is 14.4 Å². The highest BCUT2D eigenvalue weighted by molar-refractivity contribution is 5.99. The fourth-order valence-corrected chi connectivity index (χ4v) is 2.00. The second-order valence-corrected chi connectivity index (χ2v) is 3.84. The number of hydrogen-bond donors (Lipinski definition) is 0. The Balaban J connectivity index is 2.74. The summed E-state index contributed by atoms with van der Waals surface area (Å²) in [7, 11) is 3.15. The van der Waals surface area contributed by atoms with E-state index in [1.165, 1.54) is 6.08 Å². The molecule has 0 aliphatic heterocycles. The maximum Gasteiger partial charge on any atom is 0.235 e. The summed E-state index contributed by atoms with van der Waals surface area (Å²) in [5.41, 5.74) is 0.713. The first-order valence-electron chi connectivity index (χ1n) is 5.62. The minimum Gasteiger partial charge on any atom is -0.496 e. The van der Waals surface area contributed by atoms with Gasteiger partial charge in [0, 0.05) is 16.8 Å². The van der Waals surface area contributed by atoms with E-state index in [-0.39, 0.29) is 0 Å². The average molecular weight is 259 g/mol. The summed E-state index contributed by atoms with van der Waals surface area (Å²) in [5.74, 6) is 1.35. The van der Waals surface area contributed by atoms with E-state index in [9.17, 15) is 10.1 Å². The topological polar surface area (TPSA) is 61.6 Å². The van der Waals surface area contributed by atoms with Gasteiger partial charge in [0.1, 0.15) is 11.5 Å². The van der Waals surface area contributed by atoms with Crippen molar-refractivity contribution in [2.24, 2.45) is 0 Å². The molecule has 0 saturated heterocycles. The number of hydrogen-bond acceptors (Lipinski definition) is 4. The van der Waals surface area contributed by atoms with E-state index in [0.717, 1.165) is 17.0 Å². The van der Waals surface area contributed by atoms with Gasteiger partial charge in [-0.15, -0.1) is 0 Å². The first-order valence-corrected chi connectivity index (χ1v) is 5.62. The Hall–Kier alpha value is -2.56. The number of nitro groups is 1. The highest BCUT2D eigenvalue weighted by atomic mass is 16.6. The third-order valence-corrected chi connectivity index (χ3v) is 2.81. The van der Waals surface area contributed by atoms with Crippen molar-refractivity contribution in [1.82, 2.24) is 0 Å². The van der Waals surface area contributed by atoms with Gasteiger partial charge in [0.2, 0.25) is 6.20 Å². The van der Waals surface area contributed by atoms with Crippen molar-refractivity contribution in [3.05, 3.63) is 52.2 Å². The molecule has 0 saturated carbocycles. The third-order valence-electron chi connectivity index (χ3n) is 2.81. The highest BCUT2D eigenvalue weighted by Gasteiger charge is 2.10. The van der Waals surface area contributed by atoms with Crippen LogP contribution >= 0.6 is 0 Å². The first-order chi connectivity index (χ1) is 9.17. The Morgan fingerprint density at radius 1 is 1.11 bits per heavy atom. The molecule has 5 heteroatoms. The maximum absolute atomic E-state index is 10.4. The second-order valence-electron chi connectivity index (χ2n) is 3.84. The molecule has 0 spiro atoms. The number of benzene rings is 2. The number of ether oxygens (including phenoxy) is 2. The van der Waals surface area contributed by atoms with E-state index in [1.54, 1.807) is 26.4 Å². The molecule has 0 N–H and O–H groups in total. The van der Waals surface area contributed by atoms with E-state index in [1.807, 2.05) is 18.2 Å². The summed E-state index contributed by atoms with van der Waals surface area (Å²) in [6, 6.07) is 9.10. The number of fused-ring (bicyclic) bond motifs is 1. The summed E-state index contributed by atoms with van der Waals surface area (Å²) in [6.07, 6.45) is 2.36. The van der Waals surface area contributed by atoms with Gasteiger partial charge in [-0.05, 0) is 17.7 Å². The summed E-state index contributed by atoms with van der Waals surface area (Å²) in [5, 5.41) is 12.1. The van der Waals surface area contributed by atoms with Crippen LogP contribution in [0.2, 0.25) is 0 Å². The first kappa shape index (κ1) is 12.9. The van der Waals surface area contributed by atoms with Crippen molar-refractivity contribution in [2.75, 3.05) is 14.2 Å². The van der Waals surface area contributed by atoms with Crippen LogP contribution in [-0.2, 0) is 0 Å². The molecule has 19 heavy (non-hydrogen) atoms. The second kappa shape index (κ2) is 5.39. The minimum atomic E-state index is -0.495. The van der Waals surface area contributed by atoms with Crippen LogP contribution in [-0.4, -0.2) is 19.1 Å². The maximum atomic E-state index is 10.4. The van der Waals surface area contributed by atoms with Gasteiger partial charge in [0.05, 0.1) is 19.1 Å². The SMILES string of the molecule is COc1ccc(/C=C/[N+](=O)[O-])c2c(OC)cccc12. The quantitative estimate of drug-likeness (QED) is 0.625. The largest absolute Gasteiger partial charge is 0.496 e. The fraction of sp³-hybridized carbons (Fsp3) is 0.143. The Kier molecular flexibility index (Phi) is 3.66. The molecule has 98 valence electrons. The molecule has 2 rings (SSSR count). The molecule has 2 aromatic rings. The minimum absolute atomic E-state index is 0.495. The Labute approximate surface area is 110 Å². The summed E-state index contributed by atoms with van der Waals surface area (Å²) >= 11 is 0. The van der Waals surface area contributed by atoms with Crippen LogP contribution in [0.25, 0.3) is 16.8 Å². The van der Waals surface area contributed by atoms with Crippen molar-refractivity contribution in [3.63, 3.8) is 0 Å². The fourth-order valence-electron chi connectivity index (χ4n) is 2.00. The molecular formula is C14H13NO4. The smallest absolute Gasteiger partial charge is 0.235 e. The van der Waals surface area contributed by atoms with E-state index < -0.39 is 4.92 Å². The molecule has 0 aromatic heterocycles. The molecular weight excluding hydrogens is 246 g/mol. The van der Waals surface area contributed by atoms with Gasteiger partial charge in [-0.25, -0.2) is 0 Å². The van der Waals surface area contributed by atoms with Crippen LogP contribution in [0, 0.1) is 10.1 Å². The third kappa shape index (κ3) is 2.49. The number of methoxy groups -OCH3 is 2. The van der Waals surface area contributed by atoms with Gasteiger partial charge in [-0.3, -0.25) is 10.1 Å². The van der Waals surface area contributed by atoms with Crippen molar-refractivity contribution in [3.8, 4) is 11.5 Å². The molecule has 0 aliphatic rings. The molecule has 0 aliphatic carbocycles. The van der Waals surface area contributed by atoms with Crippen molar-refractivity contribution >= 4 is 16.8 Å². The Bertz CT molecular complexity index is 649. The predicted octanol–water partition coefficient (Wildman–Crippen LogP) is 3.10. The molecule has 0 radical (unpaired) electrons. The predicted molar refractivity (Wildman–Crippen MR) is 73.1 cm³/mol. The van der Waals surface area contributed by atoms with Crippen LogP contribution in [0.1, 0.15) is 5.56 Å². The van der Waals surface area contributed by atoms with Crippen molar-refractivity contribution in [2.45, 2.75) is 0 Å². The summed E-state index contributed by atoms with van der Waals surface area (Å²) < 4.78 is 10.6. The van der Waals surface area contributed by atoms with E-state index in [4.69, 9.17) is 9.47 Å². The van der Waals surface area contributed by atoms with E-state index in [0.29, 0.717) is 17.1 Å². The number of rotatable bonds is 4. The number of nitrogens with zero attached hydrogens (tertiary/aromatic N) is 1. The van der Waals surface area contributed by atoms with Crippen LogP contribution in [0.5, 0.6) is 11.5 Å². The molecule has 0 heterocycles. The molecule has 0 unspecified atom stereocenters. The highest BCUT2D eigenvalue weighted by Crippen LogP contribution is 2.35. The van der Waals surface area contributed by atoms with Gasteiger partial charge in [0.25, 0.3) is 0 Å². The zero-order valence-electron chi connectivity index (χ0n) is 10.6. The zero-order valence-corrected chi connectivity index (χ0v) is 10.6. The lowest BCUT2D eigenvalue weighted by molar-refractivity contribution is -0.400. The van der Waals surface area contributed by atoms with Crippen LogP contribution < -0.4 is 9.47 Å². The average Bonchev–Trinajstić information content (AvgIpc) is 2.43. The lowest BCUT2D eigenvalue weighted by Crippen LogP contribution is -1.91. The van der Waals surface area contributed by atoms with E-state index >= 15 is 0 Å². The molecule has 0 atom stereocenters. The molecule has 5 nitrogen and oxygen atoms in total. The Morgan fingerprint density at radius 3 is 2.47 bits per heavy atom. The Morgan fingerprint density at radius 2 is 1.84 bits per heavy atom. The molecule has 2 aromatic carbocycles. The summed E-state index contributed by atoms with van der Waals surface area (Å²) in [4.78, 5) is 9.95. The molecule has 0 bridgehead atoms. The van der Waals surface area contributed by atoms with Crippen LogP contribution in [0.4, 0.5) is 0 Å². The van der Waals surface area contributed by atoms with Gasteiger partial charge >= 0.3 is 0 Å². The summed E-state index contributed by atoms with van der Waals surface area (Å²) in [6.45, 7) is 0. The van der Waals surface area contributed by atoms with Gasteiger partial charge in [0.15, 0.2) is 0 Å². The lowest BCUT2D eigenvalue weighted by atomic mass is 10.0. The monoisotopic (exact) mass is 259 g/mol. The molecule has 0 fully saturated rings. The lowest BCUT2D eigenvalue weighted by Gasteiger charge is -2.11. The molecule has 0 amide bonds. The van der Waals surface area contributed by atoms with Gasteiger partial charge in [-0.2, -0.15) is 0 Å². The standard InChI is InChI=1S/C14H13NO4/c1-18-12-7-6-10(8-9-15(16)17)14-11(12)4-3-5-13(14)19-2/h3-9H,1-2H3/b9-8+. The van der Waals surface area contributed by atoms with Crippen LogP contribution in [0.3, 0.4) is 0 Å². The van der Waals surface area contributed by atoms with Gasteiger partial charge < -0.3 is 9.47 Å². The van der Waals surface area contributed by atoms with Crippen molar-refractivity contribution in [1.29, 1.82) is 0 Å². The van der Waals surface area contributed by atoms with E-state index in [2.05, 4.69) is 0 Å².